The summed E-state index contributed by atoms with van der Waals surface area (Å²) in [6.45, 7) is 1.05. The Morgan fingerprint density at radius 2 is 1.96 bits per heavy atom. The van der Waals surface area contributed by atoms with Crippen molar-refractivity contribution in [3.8, 4) is 23.3 Å². The Morgan fingerprint density at radius 1 is 1.17 bits per heavy atom. The van der Waals surface area contributed by atoms with E-state index in [1.807, 2.05) is 18.2 Å². The highest BCUT2D eigenvalue weighted by Gasteiger charge is 2.19. The van der Waals surface area contributed by atoms with Gasteiger partial charge in [-0.25, -0.2) is 4.39 Å². The lowest BCUT2D eigenvalue weighted by atomic mass is 9.92. The van der Waals surface area contributed by atoms with Gasteiger partial charge in [0.1, 0.15) is 24.8 Å². The Labute approximate surface area is 134 Å². The molecule has 0 radical (unpaired) electrons. The summed E-state index contributed by atoms with van der Waals surface area (Å²) in [5.74, 6) is 0.996. The molecule has 0 bridgehead atoms. The molecule has 0 saturated carbocycles. The first-order valence-corrected chi connectivity index (χ1v) is 7.33. The van der Waals surface area contributed by atoms with E-state index in [1.165, 1.54) is 19.2 Å². The van der Waals surface area contributed by atoms with Crippen LogP contribution in [-0.2, 0) is 6.42 Å². The molecule has 0 saturated heterocycles. The first kappa shape index (κ1) is 15.2. The number of rotatable bonds is 4. The number of nitrogens with zero attached hydrogens (tertiary/aromatic N) is 1. The molecular formula is C18H16FNO3. The molecule has 2 aromatic rings. The fourth-order valence-corrected chi connectivity index (χ4v) is 2.65. The second-order valence-electron chi connectivity index (χ2n) is 5.25. The van der Waals surface area contributed by atoms with Crippen molar-refractivity contribution in [2.75, 3.05) is 20.3 Å². The van der Waals surface area contributed by atoms with E-state index in [0.717, 1.165) is 5.56 Å². The van der Waals surface area contributed by atoms with E-state index in [9.17, 15) is 9.65 Å². The molecule has 0 fully saturated rings. The second-order valence-corrected chi connectivity index (χ2v) is 5.25. The van der Waals surface area contributed by atoms with Crippen LogP contribution < -0.4 is 14.2 Å². The Kier molecular flexibility index (Phi) is 4.33. The topological polar surface area (TPSA) is 51.5 Å². The van der Waals surface area contributed by atoms with Crippen LogP contribution in [0.1, 0.15) is 17.0 Å². The summed E-state index contributed by atoms with van der Waals surface area (Å²) >= 11 is 0. The molecule has 0 N–H and O–H groups in total. The first-order chi connectivity index (χ1) is 11.2. The van der Waals surface area contributed by atoms with Crippen LogP contribution in [0.3, 0.4) is 0 Å². The van der Waals surface area contributed by atoms with Crippen molar-refractivity contribution < 1.29 is 18.6 Å². The fourth-order valence-electron chi connectivity index (χ4n) is 2.65. The van der Waals surface area contributed by atoms with Crippen LogP contribution in [0, 0.1) is 17.1 Å². The van der Waals surface area contributed by atoms with Crippen molar-refractivity contribution in [3.63, 3.8) is 0 Å². The van der Waals surface area contributed by atoms with E-state index in [4.69, 9.17) is 14.2 Å². The van der Waals surface area contributed by atoms with Gasteiger partial charge in [0.25, 0.3) is 0 Å². The normalized spacial score (nSPS) is 14.0. The van der Waals surface area contributed by atoms with Gasteiger partial charge < -0.3 is 14.2 Å². The van der Waals surface area contributed by atoms with Gasteiger partial charge in [0, 0.05) is 5.56 Å². The summed E-state index contributed by atoms with van der Waals surface area (Å²) in [6.07, 6.45) is 0.437. The molecule has 1 atom stereocenters. The van der Waals surface area contributed by atoms with Gasteiger partial charge in [-0.15, -0.1) is 0 Å². The molecule has 5 heteroatoms. The minimum atomic E-state index is -0.511. The number of hydrogen-bond donors (Lipinski definition) is 0. The Morgan fingerprint density at radius 3 is 2.70 bits per heavy atom. The Balaban J connectivity index is 1.88. The molecule has 0 aromatic heterocycles. The highest BCUT2D eigenvalue weighted by molar-refractivity contribution is 5.46. The third kappa shape index (κ3) is 3.21. The lowest BCUT2D eigenvalue weighted by molar-refractivity contribution is 0.171. The number of halogens is 1. The summed E-state index contributed by atoms with van der Waals surface area (Å²) < 4.78 is 29.8. The van der Waals surface area contributed by atoms with Crippen LogP contribution in [0.2, 0.25) is 0 Å². The van der Waals surface area contributed by atoms with Crippen molar-refractivity contribution >= 4 is 0 Å². The number of nitriles is 1. The third-order valence-electron chi connectivity index (χ3n) is 3.77. The molecule has 4 nitrogen and oxygen atoms in total. The zero-order valence-electron chi connectivity index (χ0n) is 12.7. The van der Waals surface area contributed by atoms with Crippen LogP contribution in [0.5, 0.6) is 17.2 Å². The molecular weight excluding hydrogens is 297 g/mol. The maximum absolute atomic E-state index is 13.5. The number of ether oxygens (including phenoxy) is 3. The van der Waals surface area contributed by atoms with E-state index in [-0.39, 0.29) is 5.82 Å². The maximum Gasteiger partial charge on any atom is 0.161 e. The molecule has 1 aliphatic heterocycles. The van der Waals surface area contributed by atoms with Crippen LogP contribution in [0.15, 0.2) is 36.4 Å². The highest BCUT2D eigenvalue weighted by atomic mass is 19.1. The summed E-state index contributed by atoms with van der Waals surface area (Å²) in [7, 11) is 1.51. The van der Waals surface area contributed by atoms with Crippen LogP contribution in [-0.4, -0.2) is 20.3 Å². The molecule has 0 spiro atoms. The molecule has 3 rings (SSSR count). The van der Waals surface area contributed by atoms with Crippen LogP contribution in [0.25, 0.3) is 0 Å². The minimum Gasteiger partial charge on any atom is -0.496 e. The number of fused-ring (bicyclic) bond motifs is 1. The second kappa shape index (κ2) is 6.57. The van der Waals surface area contributed by atoms with Crippen LogP contribution >= 0.6 is 0 Å². The zero-order valence-corrected chi connectivity index (χ0v) is 12.7. The van der Waals surface area contributed by atoms with E-state index < -0.39 is 5.92 Å². The average Bonchev–Trinajstić information content (AvgIpc) is 2.59. The number of benzene rings is 2. The number of hydrogen-bond acceptors (Lipinski definition) is 4. The maximum atomic E-state index is 13.5. The van der Waals surface area contributed by atoms with E-state index >= 15 is 0 Å². The van der Waals surface area contributed by atoms with Gasteiger partial charge in [-0.05, 0) is 42.3 Å². The molecule has 1 unspecified atom stereocenters. The molecule has 23 heavy (non-hydrogen) atoms. The van der Waals surface area contributed by atoms with Crippen molar-refractivity contribution in [1.29, 1.82) is 5.26 Å². The SMILES string of the molecule is COc1ccc(F)cc1C(C#N)Cc1ccc2c(c1)OCCO2. The smallest absolute Gasteiger partial charge is 0.161 e. The minimum absolute atomic E-state index is 0.386. The Bertz CT molecular complexity index is 754. The molecule has 0 aliphatic carbocycles. The van der Waals surface area contributed by atoms with Crippen molar-refractivity contribution in [2.45, 2.75) is 12.3 Å². The van der Waals surface area contributed by atoms with Crippen molar-refractivity contribution in [1.82, 2.24) is 0 Å². The summed E-state index contributed by atoms with van der Waals surface area (Å²) in [6, 6.07) is 12.0. The first-order valence-electron chi connectivity index (χ1n) is 7.33. The van der Waals surface area contributed by atoms with Gasteiger partial charge >= 0.3 is 0 Å². The fraction of sp³-hybridized carbons (Fsp3) is 0.278. The van der Waals surface area contributed by atoms with E-state index in [1.54, 1.807) is 6.07 Å². The third-order valence-corrected chi connectivity index (χ3v) is 3.77. The standard InChI is InChI=1S/C18H16FNO3/c1-21-16-5-3-14(19)10-15(16)13(11-20)8-12-2-4-17-18(9-12)23-7-6-22-17/h2-5,9-10,13H,6-8H2,1H3. The van der Waals surface area contributed by atoms with Gasteiger partial charge in [0.15, 0.2) is 11.5 Å². The number of methoxy groups -OCH3 is 1. The zero-order chi connectivity index (χ0) is 16.2. The van der Waals surface area contributed by atoms with Gasteiger partial charge in [0.2, 0.25) is 0 Å². The van der Waals surface area contributed by atoms with E-state index in [0.29, 0.717) is 42.4 Å². The highest BCUT2D eigenvalue weighted by Crippen LogP contribution is 2.34. The molecule has 0 amide bonds. The summed E-state index contributed by atoms with van der Waals surface area (Å²) in [4.78, 5) is 0. The predicted octanol–water partition coefficient (Wildman–Crippen LogP) is 3.46. The largest absolute Gasteiger partial charge is 0.496 e. The van der Waals surface area contributed by atoms with Gasteiger partial charge in [-0.3, -0.25) is 0 Å². The quantitative estimate of drug-likeness (QED) is 0.867. The molecule has 1 heterocycles. The average molecular weight is 313 g/mol. The monoisotopic (exact) mass is 313 g/mol. The van der Waals surface area contributed by atoms with Crippen molar-refractivity contribution in [3.05, 3.63) is 53.3 Å². The Hall–Kier alpha value is -2.74. The lowest BCUT2D eigenvalue weighted by Crippen LogP contribution is -2.15. The van der Waals surface area contributed by atoms with E-state index in [2.05, 4.69) is 6.07 Å². The summed E-state index contributed by atoms with van der Waals surface area (Å²) in [5.41, 5.74) is 1.47. The van der Waals surface area contributed by atoms with Crippen molar-refractivity contribution in [2.24, 2.45) is 0 Å². The van der Waals surface area contributed by atoms with Gasteiger partial charge in [0.05, 0.1) is 19.1 Å². The van der Waals surface area contributed by atoms with Gasteiger partial charge in [-0.1, -0.05) is 6.07 Å². The molecule has 1 aliphatic rings. The molecule has 118 valence electrons. The predicted molar refractivity (Wildman–Crippen MR) is 82.4 cm³/mol. The lowest BCUT2D eigenvalue weighted by Gasteiger charge is -2.19. The van der Waals surface area contributed by atoms with Gasteiger partial charge in [-0.2, -0.15) is 5.26 Å². The van der Waals surface area contributed by atoms with Crippen LogP contribution in [0.4, 0.5) is 4.39 Å². The molecule has 2 aromatic carbocycles. The summed E-state index contributed by atoms with van der Waals surface area (Å²) in [5, 5.41) is 9.51.